The molecule has 0 saturated carbocycles. The number of nitrogens with zero attached hydrogens (tertiary/aromatic N) is 1. The fourth-order valence-corrected chi connectivity index (χ4v) is 3.84. The Morgan fingerprint density at radius 2 is 1.92 bits per heavy atom. The summed E-state index contributed by atoms with van der Waals surface area (Å²) in [5, 5.41) is 0. The van der Waals surface area contributed by atoms with Crippen LogP contribution in [0.2, 0.25) is 0 Å². The van der Waals surface area contributed by atoms with Crippen molar-refractivity contribution < 1.29 is 14.3 Å². The second kappa shape index (κ2) is 7.29. The van der Waals surface area contributed by atoms with Gasteiger partial charge in [0.2, 0.25) is 0 Å². The molecular weight excluding hydrogens is 354 g/mol. The molecule has 0 N–H and O–H groups in total. The smallest absolute Gasteiger partial charge is 0.270 e. The molecule has 0 unspecified atom stereocenters. The van der Waals surface area contributed by atoms with E-state index in [0.717, 1.165) is 16.8 Å². The van der Waals surface area contributed by atoms with Crippen LogP contribution in [0.3, 0.4) is 0 Å². The molecule has 3 rings (SSSR count). The minimum absolute atomic E-state index is 0.134. The standard InChI is InChI=1S/C19H17NO3S2/c1-12-5-4-6-14(9-12)20-18(21)17(25-19(20)24)11-13-10-15(22-2)7-8-16(13)23-3/h4-11H,1-3H3. The van der Waals surface area contributed by atoms with E-state index in [2.05, 4.69) is 0 Å². The van der Waals surface area contributed by atoms with E-state index in [-0.39, 0.29) is 5.91 Å². The molecule has 1 aliphatic rings. The molecule has 0 radical (unpaired) electrons. The number of aryl methyl sites for hydroxylation is 1. The molecule has 2 aromatic carbocycles. The van der Waals surface area contributed by atoms with Gasteiger partial charge in [0, 0.05) is 5.56 Å². The molecule has 4 nitrogen and oxygen atoms in total. The highest BCUT2D eigenvalue weighted by Gasteiger charge is 2.33. The van der Waals surface area contributed by atoms with Crippen LogP contribution < -0.4 is 14.4 Å². The third kappa shape index (κ3) is 3.55. The molecule has 0 bridgehead atoms. The van der Waals surface area contributed by atoms with Crippen LogP contribution in [-0.4, -0.2) is 24.4 Å². The first-order valence-corrected chi connectivity index (χ1v) is 8.82. The van der Waals surface area contributed by atoms with Gasteiger partial charge in [0.05, 0.1) is 24.8 Å². The number of amides is 1. The zero-order valence-electron chi connectivity index (χ0n) is 14.1. The number of carbonyl (C=O) groups is 1. The summed E-state index contributed by atoms with van der Waals surface area (Å²) >= 11 is 6.70. The van der Waals surface area contributed by atoms with Crippen LogP contribution in [0, 0.1) is 6.92 Å². The number of carbonyl (C=O) groups excluding carboxylic acids is 1. The molecule has 25 heavy (non-hydrogen) atoms. The number of anilines is 1. The van der Waals surface area contributed by atoms with Crippen LogP contribution >= 0.6 is 24.0 Å². The van der Waals surface area contributed by atoms with E-state index in [0.29, 0.717) is 20.7 Å². The number of thioether (sulfide) groups is 1. The molecule has 0 atom stereocenters. The Morgan fingerprint density at radius 3 is 2.60 bits per heavy atom. The third-order valence-corrected chi connectivity index (χ3v) is 5.08. The SMILES string of the molecule is COc1ccc(OC)c(C=C2SC(=S)N(c3cccc(C)c3)C2=O)c1. The van der Waals surface area contributed by atoms with Crippen LogP contribution in [0.15, 0.2) is 47.4 Å². The van der Waals surface area contributed by atoms with Crippen LogP contribution in [0.25, 0.3) is 6.08 Å². The number of rotatable bonds is 4. The predicted molar refractivity (Wildman–Crippen MR) is 106 cm³/mol. The largest absolute Gasteiger partial charge is 0.497 e. The summed E-state index contributed by atoms with van der Waals surface area (Å²) < 4.78 is 11.2. The molecule has 1 fully saturated rings. The number of hydrogen-bond acceptors (Lipinski definition) is 5. The first-order chi connectivity index (χ1) is 12.0. The van der Waals surface area contributed by atoms with E-state index in [4.69, 9.17) is 21.7 Å². The van der Waals surface area contributed by atoms with Gasteiger partial charge in [-0.1, -0.05) is 36.1 Å². The van der Waals surface area contributed by atoms with Gasteiger partial charge in [-0.3, -0.25) is 9.69 Å². The fourth-order valence-electron chi connectivity index (χ4n) is 2.55. The Balaban J connectivity index is 1.98. The number of benzene rings is 2. The predicted octanol–water partition coefficient (Wildman–Crippen LogP) is 4.42. The van der Waals surface area contributed by atoms with Crippen molar-refractivity contribution in [2.24, 2.45) is 0 Å². The zero-order valence-corrected chi connectivity index (χ0v) is 15.7. The molecule has 0 aromatic heterocycles. The van der Waals surface area contributed by atoms with Crippen molar-refractivity contribution in [1.29, 1.82) is 0 Å². The first kappa shape index (κ1) is 17.5. The lowest BCUT2D eigenvalue weighted by Crippen LogP contribution is -2.27. The van der Waals surface area contributed by atoms with Crippen LogP contribution in [0.4, 0.5) is 5.69 Å². The second-order valence-electron chi connectivity index (χ2n) is 5.46. The number of ether oxygens (including phenoxy) is 2. The van der Waals surface area contributed by atoms with E-state index in [1.807, 2.05) is 49.4 Å². The zero-order chi connectivity index (χ0) is 18.0. The molecule has 0 aliphatic carbocycles. The van der Waals surface area contributed by atoms with Gasteiger partial charge < -0.3 is 9.47 Å². The van der Waals surface area contributed by atoms with E-state index >= 15 is 0 Å². The van der Waals surface area contributed by atoms with Gasteiger partial charge in [-0.2, -0.15) is 0 Å². The molecule has 6 heteroatoms. The summed E-state index contributed by atoms with van der Waals surface area (Å²) in [6, 6.07) is 13.2. The second-order valence-corrected chi connectivity index (χ2v) is 7.14. The van der Waals surface area contributed by atoms with E-state index in [1.54, 1.807) is 25.2 Å². The highest BCUT2D eigenvalue weighted by atomic mass is 32.2. The lowest BCUT2D eigenvalue weighted by Gasteiger charge is -2.14. The van der Waals surface area contributed by atoms with Crippen molar-refractivity contribution in [1.82, 2.24) is 0 Å². The molecule has 1 amide bonds. The quantitative estimate of drug-likeness (QED) is 0.588. The minimum atomic E-state index is -0.134. The average Bonchev–Trinajstić information content (AvgIpc) is 2.88. The summed E-state index contributed by atoms with van der Waals surface area (Å²) in [7, 11) is 3.19. The Morgan fingerprint density at radius 1 is 1.12 bits per heavy atom. The summed E-state index contributed by atoms with van der Waals surface area (Å²) in [5.41, 5.74) is 2.63. The van der Waals surface area contributed by atoms with Crippen LogP contribution in [0.5, 0.6) is 11.5 Å². The normalized spacial score (nSPS) is 15.8. The molecule has 0 spiro atoms. The Labute approximate surface area is 156 Å². The molecule has 1 aliphatic heterocycles. The van der Waals surface area contributed by atoms with Crippen molar-refractivity contribution in [3.63, 3.8) is 0 Å². The highest BCUT2D eigenvalue weighted by molar-refractivity contribution is 8.27. The molecule has 1 heterocycles. The van der Waals surface area contributed by atoms with E-state index in [1.165, 1.54) is 11.8 Å². The highest BCUT2D eigenvalue weighted by Crippen LogP contribution is 2.37. The van der Waals surface area contributed by atoms with Crippen molar-refractivity contribution in [2.45, 2.75) is 6.92 Å². The van der Waals surface area contributed by atoms with Gasteiger partial charge in [-0.15, -0.1) is 0 Å². The minimum Gasteiger partial charge on any atom is -0.497 e. The summed E-state index contributed by atoms with van der Waals surface area (Å²) in [6.07, 6.45) is 1.79. The lowest BCUT2D eigenvalue weighted by atomic mass is 10.1. The average molecular weight is 371 g/mol. The van der Waals surface area contributed by atoms with Crippen molar-refractivity contribution in [2.75, 3.05) is 19.1 Å². The van der Waals surface area contributed by atoms with Gasteiger partial charge >= 0.3 is 0 Å². The Bertz CT molecular complexity index is 877. The van der Waals surface area contributed by atoms with Crippen molar-refractivity contribution >= 4 is 46.0 Å². The Hall–Kier alpha value is -2.31. The van der Waals surface area contributed by atoms with Gasteiger partial charge in [0.25, 0.3) is 5.91 Å². The maximum atomic E-state index is 12.9. The van der Waals surface area contributed by atoms with E-state index < -0.39 is 0 Å². The van der Waals surface area contributed by atoms with Gasteiger partial charge in [0.15, 0.2) is 4.32 Å². The van der Waals surface area contributed by atoms with Crippen LogP contribution in [0.1, 0.15) is 11.1 Å². The summed E-state index contributed by atoms with van der Waals surface area (Å²) in [5.74, 6) is 1.23. The molecule has 2 aromatic rings. The number of methoxy groups -OCH3 is 2. The van der Waals surface area contributed by atoms with Crippen molar-refractivity contribution in [3.8, 4) is 11.5 Å². The molecule has 1 saturated heterocycles. The number of hydrogen-bond donors (Lipinski definition) is 0. The van der Waals surface area contributed by atoms with E-state index in [9.17, 15) is 4.79 Å². The third-order valence-electron chi connectivity index (χ3n) is 3.78. The van der Waals surface area contributed by atoms with Gasteiger partial charge in [-0.05, 0) is 48.9 Å². The topological polar surface area (TPSA) is 38.8 Å². The first-order valence-electron chi connectivity index (χ1n) is 7.60. The monoisotopic (exact) mass is 371 g/mol. The number of thiocarbonyl (C=S) groups is 1. The Kier molecular flexibility index (Phi) is 5.11. The maximum absolute atomic E-state index is 12.9. The van der Waals surface area contributed by atoms with Gasteiger partial charge in [-0.25, -0.2) is 0 Å². The van der Waals surface area contributed by atoms with Crippen molar-refractivity contribution in [3.05, 3.63) is 58.5 Å². The molecule has 128 valence electrons. The van der Waals surface area contributed by atoms with Gasteiger partial charge in [0.1, 0.15) is 11.5 Å². The maximum Gasteiger partial charge on any atom is 0.270 e. The van der Waals surface area contributed by atoms with Crippen LogP contribution in [-0.2, 0) is 4.79 Å². The molecular formula is C19H17NO3S2. The summed E-state index contributed by atoms with van der Waals surface area (Å²) in [4.78, 5) is 15.0. The fraction of sp³-hybridized carbons (Fsp3) is 0.158. The summed E-state index contributed by atoms with van der Waals surface area (Å²) in [6.45, 7) is 1.98. The lowest BCUT2D eigenvalue weighted by molar-refractivity contribution is -0.113.